The zero-order valence-corrected chi connectivity index (χ0v) is 18.7. The summed E-state index contributed by atoms with van der Waals surface area (Å²) in [6, 6.07) is 7.18. The Morgan fingerprint density at radius 2 is 1.91 bits per heavy atom. The number of carbonyl (C=O) groups excluding carboxylic acids is 2. The molecule has 4 rings (SSSR count). The highest BCUT2D eigenvalue weighted by Gasteiger charge is 2.36. The summed E-state index contributed by atoms with van der Waals surface area (Å²) in [4.78, 5) is 30.1. The Morgan fingerprint density at radius 1 is 1.16 bits per heavy atom. The highest BCUT2D eigenvalue weighted by molar-refractivity contribution is 6.23. The third-order valence-electron chi connectivity index (χ3n) is 6.00. The summed E-state index contributed by atoms with van der Waals surface area (Å²) in [5.41, 5.74) is 2.45. The quantitative estimate of drug-likeness (QED) is 0.632. The van der Waals surface area contributed by atoms with Crippen molar-refractivity contribution in [1.29, 1.82) is 0 Å². The molecular weight excluding hydrogens is 408 g/mol. The van der Waals surface area contributed by atoms with E-state index in [1.165, 1.54) is 0 Å². The van der Waals surface area contributed by atoms with Crippen molar-refractivity contribution in [3.05, 3.63) is 52.6 Å². The first-order chi connectivity index (χ1) is 15.3. The van der Waals surface area contributed by atoms with Crippen LogP contribution in [-0.4, -0.2) is 34.7 Å². The van der Waals surface area contributed by atoms with Crippen LogP contribution < -0.4 is 4.74 Å². The van der Waals surface area contributed by atoms with Crippen molar-refractivity contribution in [1.82, 2.24) is 5.16 Å². The molecule has 0 unspecified atom stereocenters. The molecule has 7 heteroatoms. The molecule has 0 aliphatic heterocycles. The SMILES string of the molecule is COc1ccc(N=C(CCc2noc3c2C(=O)CC(C)(C)C3)C2=C(O)CCCC2=O)cc1. The number of Topliss-reactive ketones (excluding diaryl/α,β-unsaturated/α-hetero) is 2. The number of aryl methyl sites for hydroxylation is 1. The number of methoxy groups -OCH3 is 1. The van der Waals surface area contributed by atoms with Crippen LogP contribution in [0.2, 0.25) is 0 Å². The van der Waals surface area contributed by atoms with Crippen molar-refractivity contribution in [3.63, 3.8) is 0 Å². The summed E-state index contributed by atoms with van der Waals surface area (Å²) >= 11 is 0. The number of aliphatic hydroxyl groups is 1. The number of allylic oxidation sites excluding steroid dienone is 2. The highest BCUT2D eigenvalue weighted by Crippen LogP contribution is 2.36. The van der Waals surface area contributed by atoms with Gasteiger partial charge in [-0.2, -0.15) is 0 Å². The van der Waals surface area contributed by atoms with Crippen LogP contribution >= 0.6 is 0 Å². The summed E-state index contributed by atoms with van der Waals surface area (Å²) in [5.74, 6) is 1.34. The Labute approximate surface area is 187 Å². The molecule has 0 fully saturated rings. The smallest absolute Gasteiger partial charge is 0.168 e. The van der Waals surface area contributed by atoms with Gasteiger partial charge in [-0.1, -0.05) is 19.0 Å². The molecule has 0 saturated carbocycles. The monoisotopic (exact) mass is 436 g/mol. The molecule has 7 nitrogen and oxygen atoms in total. The van der Waals surface area contributed by atoms with E-state index in [0.29, 0.717) is 79.1 Å². The first-order valence-corrected chi connectivity index (χ1v) is 11.0. The van der Waals surface area contributed by atoms with E-state index in [1.807, 2.05) is 13.8 Å². The lowest BCUT2D eigenvalue weighted by molar-refractivity contribution is -0.115. The predicted octanol–water partition coefficient (Wildman–Crippen LogP) is 5.11. The van der Waals surface area contributed by atoms with Gasteiger partial charge in [0.05, 0.1) is 35.3 Å². The summed E-state index contributed by atoms with van der Waals surface area (Å²) in [5, 5.41) is 14.7. The summed E-state index contributed by atoms with van der Waals surface area (Å²) < 4.78 is 10.7. The fraction of sp³-hybridized carbons (Fsp3) is 0.440. The van der Waals surface area contributed by atoms with E-state index in [9.17, 15) is 14.7 Å². The standard InChI is InChI=1S/C25H28N2O5/c1-25(2)13-21(30)24-18(27-32-22(24)14-25)12-11-17(23-19(28)5-4-6-20(23)29)26-15-7-9-16(31-3)10-8-15/h7-10,28H,4-6,11-14H2,1-3H3. The van der Waals surface area contributed by atoms with Gasteiger partial charge in [-0.3, -0.25) is 14.6 Å². The molecule has 32 heavy (non-hydrogen) atoms. The molecule has 1 N–H and O–H groups in total. The number of aliphatic imine (C=N–C) groups is 1. The number of fused-ring (bicyclic) bond motifs is 1. The van der Waals surface area contributed by atoms with E-state index >= 15 is 0 Å². The largest absolute Gasteiger partial charge is 0.511 e. The van der Waals surface area contributed by atoms with Gasteiger partial charge in [0.15, 0.2) is 11.6 Å². The van der Waals surface area contributed by atoms with Gasteiger partial charge in [0.2, 0.25) is 0 Å². The molecular formula is C25H28N2O5. The van der Waals surface area contributed by atoms with Crippen LogP contribution in [0.3, 0.4) is 0 Å². The lowest BCUT2D eigenvalue weighted by Gasteiger charge is -2.26. The van der Waals surface area contributed by atoms with E-state index in [4.69, 9.17) is 14.3 Å². The van der Waals surface area contributed by atoms with E-state index in [2.05, 4.69) is 5.16 Å². The van der Waals surface area contributed by atoms with Gasteiger partial charge >= 0.3 is 0 Å². The van der Waals surface area contributed by atoms with Crippen LogP contribution in [0.1, 0.15) is 67.8 Å². The topological polar surface area (TPSA) is 102 Å². The van der Waals surface area contributed by atoms with Crippen LogP contribution in [0.5, 0.6) is 5.75 Å². The second kappa shape index (κ2) is 8.73. The van der Waals surface area contributed by atoms with E-state index in [-0.39, 0.29) is 28.3 Å². The zero-order chi connectivity index (χ0) is 22.9. The van der Waals surface area contributed by atoms with Gasteiger partial charge in [-0.05, 0) is 48.9 Å². The van der Waals surface area contributed by atoms with Gasteiger partial charge in [0.25, 0.3) is 0 Å². The fourth-order valence-electron chi connectivity index (χ4n) is 4.43. The minimum Gasteiger partial charge on any atom is -0.511 e. The number of aromatic nitrogens is 1. The lowest BCUT2D eigenvalue weighted by atomic mass is 9.76. The van der Waals surface area contributed by atoms with Crippen LogP contribution in [0, 0.1) is 5.41 Å². The normalized spacial score (nSPS) is 18.7. The van der Waals surface area contributed by atoms with Crippen LogP contribution in [0.25, 0.3) is 0 Å². The molecule has 0 spiro atoms. The molecule has 1 heterocycles. The second-order valence-corrected chi connectivity index (χ2v) is 9.22. The summed E-state index contributed by atoms with van der Waals surface area (Å²) in [6.45, 7) is 4.08. The number of aliphatic hydroxyl groups excluding tert-OH is 1. The van der Waals surface area contributed by atoms with E-state index in [0.717, 1.165) is 0 Å². The molecule has 0 saturated heterocycles. The maximum Gasteiger partial charge on any atom is 0.168 e. The minimum absolute atomic E-state index is 0.0388. The van der Waals surface area contributed by atoms with Crippen molar-refractivity contribution in [2.75, 3.05) is 7.11 Å². The summed E-state index contributed by atoms with van der Waals surface area (Å²) in [7, 11) is 1.59. The average Bonchev–Trinajstić information content (AvgIpc) is 3.14. The molecule has 0 atom stereocenters. The van der Waals surface area contributed by atoms with Gasteiger partial charge < -0.3 is 14.4 Å². The van der Waals surface area contributed by atoms with Crippen LogP contribution in [0.4, 0.5) is 5.69 Å². The Hall–Kier alpha value is -3.22. The number of ketones is 2. The van der Waals surface area contributed by atoms with E-state index in [1.54, 1.807) is 31.4 Å². The Balaban J connectivity index is 1.65. The number of rotatable bonds is 6. The number of carbonyl (C=O) groups is 2. The minimum atomic E-state index is -0.146. The Morgan fingerprint density at radius 3 is 2.59 bits per heavy atom. The molecule has 2 aliphatic rings. The van der Waals surface area contributed by atoms with Gasteiger partial charge in [-0.25, -0.2) is 0 Å². The van der Waals surface area contributed by atoms with Crippen molar-refractivity contribution in [2.24, 2.45) is 10.4 Å². The maximum atomic E-state index is 12.7. The summed E-state index contributed by atoms with van der Waals surface area (Å²) in [6.07, 6.45) is 3.33. The van der Waals surface area contributed by atoms with Crippen molar-refractivity contribution in [3.8, 4) is 5.75 Å². The van der Waals surface area contributed by atoms with Crippen molar-refractivity contribution in [2.45, 2.75) is 58.8 Å². The van der Waals surface area contributed by atoms with E-state index < -0.39 is 0 Å². The van der Waals surface area contributed by atoms with Crippen LogP contribution in [0.15, 0.2) is 45.1 Å². The molecule has 1 aromatic heterocycles. The third-order valence-corrected chi connectivity index (χ3v) is 6.00. The van der Waals surface area contributed by atoms with Crippen molar-refractivity contribution < 1.29 is 24.0 Å². The molecule has 2 aliphatic carbocycles. The average molecular weight is 437 g/mol. The number of nitrogens with zero attached hydrogens (tertiary/aromatic N) is 2. The molecule has 0 bridgehead atoms. The number of benzene rings is 1. The molecule has 0 amide bonds. The number of hydrogen-bond acceptors (Lipinski definition) is 7. The second-order valence-electron chi connectivity index (χ2n) is 9.22. The number of hydrogen-bond donors (Lipinski definition) is 1. The first-order valence-electron chi connectivity index (χ1n) is 11.0. The predicted molar refractivity (Wildman–Crippen MR) is 120 cm³/mol. The van der Waals surface area contributed by atoms with Gasteiger partial charge in [0, 0.05) is 25.7 Å². The highest BCUT2D eigenvalue weighted by atomic mass is 16.5. The van der Waals surface area contributed by atoms with Gasteiger partial charge in [-0.15, -0.1) is 0 Å². The molecule has 168 valence electrons. The Kier molecular flexibility index (Phi) is 6.00. The number of ether oxygens (including phenoxy) is 1. The van der Waals surface area contributed by atoms with Crippen molar-refractivity contribution >= 4 is 23.0 Å². The molecule has 0 radical (unpaired) electrons. The zero-order valence-electron chi connectivity index (χ0n) is 18.7. The first kappa shape index (κ1) is 22.0. The molecule has 2 aromatic rings. The maximum absolute atomic E-state index is 12.7. The lowest BCUT2D eigenvalue weighted by Crippen LogP contribution is -2.26. The van der Waals surface area contributed by atoms with Gasteiger partial charge in [0.1, 0.15) is 17.3 Å². The fourth-order valence-corrected chi connectivity index (χ4v) is 4.43. The Bertz CT molecular complexity index is 1110. The molecule has 1 aromatic carbocycles. The van der Waals surface area contributed by atoms with Crippen LogP contribution in [-0.2, 0) is 17.6 Å². The third kappa shape index (κ3) is 4.52.